The second-order valence-electron chi connectivity index (χ2n) is 6.59. The largest absolute Gasteiger partial charge is 0.548 e. The minimum atomic E-state index is -1.09. The van der Waals surface area contributed by atoms with Crippen LogP contribution in [0.4, 0.5) is 5.69 Å². The van der Waals surface area contributed by atoms with Crippen LogP contribution in [0.15, 0.2) is 30.4 Å². The lowest BCUT2D eigenvalue weighted by Gasteiger charge is -2.37. The fourth-order valence-electron chi connectivity index (χ4n) is 3.28. The second kappa shape index (κ2) is 6.07. The number of ether oxygens (including phenoxy) is 1. The summed E-state index contributed by atoms with van der Waals surface area (Å²) in [6.45, 7) is 4.35. The van der Waals surface area contributed by atoms with Crippen LogP contribution < -0.4 is 10.4 Å². The molecular formula is C18H20NO4-. The van der Waals surface area contributed by atoms with Gasteiger partial charge in [-0.05, 0) is 42.0 Å². The maximum atomic E-state index is 12.1. The zero-order valence-electron chi connectivity index (χ0n) is 13.2. The van der Waals surface area contributed by atoms with Crippen molar-refractivity contribution in [3.05, 3.63) is 41.5 Å². The average Bonchev–Trinajstić information content (AvgIpc) is 3.00. The molecule has 1 aromatic rings. The number of carboxylic acid groups (broad SMARTS) is 1. The number of anilines is 1. The lowest BCUT2D eigenvalue weighted by Crippen LogP contribution is -2.48. The van der Waals surface area contributed by atoms with E-state index in [2.05, 4.69) is 5.32 Å². The van der Waals surface area contributed by atoms with Crippen molar-refractivity contribution in [2.45, 2.75) is 32.2 Å². The Morgan fingerprint density at radius 1 is 1.39 bits per heavy atom. The molecular weight excluding hydrogens is 294 g/mol. The van der Waals surface area contributed by atoms with Gasteiger partial charge < -0.3 is 20.0 Å². The first kappa shape index (κ1) is 15.6. The number of allylic oxidation sites excluding steroid dienone is 2. The number of aliphatic carboxylic acids is 1. The Kier molecular flexibility index (Phi) is 4.11. The third kappa shape index (κ3) is 2.96. The number of carboxylic acids is 1. The first-order valence-electron chi connectivity index (χ1n) is 7.92. The van der Waals surface area contributed by atoms with Crippen molar-refractivity contribution in [2.24, 2.45) is 11.8 Å². The number of hydrogen-bond donors (Lipinski definition) is 1. The van der Waals surface area contributed by atoms with Gasteiger partial charge in [0.2, 0.25) is 0 Å². The molecule has 0 saturated heterocycles. The predicted octanol–water partition coefficient (Wildman–Crippen LogP) is 1.70. The molecule has 122 valence electrons. The molecule has 5 heteroatoms. The van der Waals surface area contributed by atoms with Gasteiger partial charge in [-0.3, -0.25) is 0 Å². The van der Waals surface area contributed by atoms with Crippen LogP contribution in [-0.2, 0) is 9.53 Å². The van der Waals surface area contributed by atoms with Gasteiger partial charge in [-0.25, -0.2) is 4.79 Å². The number of rotatable bonds is 4. The molecule has 0 spiro atoms. The van der Waals surface area contributed by atoms with Crippen LogP contribution in [0.25, 0.3) is 0 Å². The van der Waals surface area contributed by atoms with E-state index < -0.39 is 12.0 Å². The van der Waals surface area contributed by atoms with E-state index in [1.165, 1.54) is 0 Å². The molecule has 3 atom stereocenters. The quantitative estimate of drug-likeness (QED) is 0.676. The van der Waals surface area contributed by atoms with Crippen LogP contribution in [0.1, 0.15) is 42.1 Å². The molecule has 1 N–H and O–H groups in total. The zero-order valence-corrected chi connectivity index (χ0v) is 13.2. The Labute approximate surface area is 135 Å². The molecule has 1 aliphatic heterocycles. The summed E-state index contributed by atoms with van der Waals surface area (Å²) in [7, 11) is 0. The van der Waals surface area contributed by atoms with Gasteiger partial charge >= 0.3 is 5.97 Å². The Balaban J connectivity index is 1.88. The summed E-state index contributed by atoms with van der Waals surface area (Å²) in [5.41, 5.74) is 2.19. The van der Waals surface area contributed by atoms with Gasteiger partial charge in [0.15, 0.2) is 0 Å². The maximum absolute atomic E-state index is 12.1. The van der Waals surface area contributed by atoms with E-state index in [1.807, 2.05) is 32.1 Å². The van der Waals surface area contributed by atoms with Gasteiger partial charge in [0.25, 0.3) is 0 Å². The van der Waals surface area contributed by atoms with E-state index in [0.29, 0.717) is 18.6 Å². The Bertz CT molecular complexity index is 665. The van der Waals surface area contributed by atoms with E-state index in [9.17, 15) is 14.7 Å². The number of esters is 1. The van der Waals surface area contributed by atoms with Crippen molar-refractivity contribution in [3.63, 3.8) is 0 Å². The highest BCUT2D eigenvalue weighted by Gasteiger charge is 2.38. The van der Waals surface area contributed by atoms with Crippen LogP contribution >= 0.6 is 0 Å². The fraction of sp³-hybridized carbons (Fsp3) is 0.444. The Morgan fingerprint density at radius 2 is 2.17 bits per heavy atom. The monoisotopic (exact) mass is 314 g/mol. The molecule has 0 bridgehead atoms. The molecule has 0 radical (unpaired) electrons. The van der Waals surface area contributed by atoms with Crippen molar-refractivity contribution in [1.29, 1.82) is 0 Å². The van der Waals surface area contributed by atoms with Gasteiger partial charge in [-0.1, -0.05) is 26.0 Å². The highest BCUT2D eigenvalue weighted by Crippen LogP contribution is 2.44. The molecule has 1 aromatic carbocycles. The summed E-state index contributed by atoms with van der Waals surface area (Å²) in [6, 6.07) is 4.52. The van der Waals surface area contributed by atoms with Crippen molar-refractivity contribution in [3.8, 4) is 0 Å². The van der Waals surface area contributed by atoms with Crippen molar-refractivity contribution in [2.75, 3.05) is 11.9 Å². The van der Waals surface area contributed by atoms with Crippen LogP contribution in [0.2, 0.25) is 0 Å². The molecule has 0 amide bonds. The summed E-state index contributed by atoms with van der Waals surface area (Å²) in [5.74, 6) is -1.23. The smallest absolute Gasteiger partial charge is 0.338 e. The number of fused-ring (bicyclic) bond motifs is 3. The lowest BCUT2D eigenvalue weighted by atomic mass is 9.79. The summed E-state index contributed by atoms with van der Waals surface area (Å²) >= 11 is 0. The summed E-state index contributed by atoms with van der Waals surface area (Å²) in [5, 5.41) is 14.4. The van der Waals surface area contributed by atoms with E-state index in [0.717, 1.165) is 11.3 Å². The van der Waals surface area contributed by atoms with Crippen LogP contribution in [0, 0.1) is 11.8 Å². The number of carbonyl (C=O) groups is 2. The maximum Gasteiger partial charge on any atom is 0.338 e. The zero-order chi connectivity index (χ0) is 16.6. The number of hydrogen-bond acceptors (Lipinski definition) is 5. The van der Waals surface area contributed by atoms with E-state index in [1.54, 1.807) is 12.1 Å². The van der Waals surface area contributed by atoms with Gasteiger partial charge in [-0.2, -0.15) is 0 Å². The first-order valence-corrected chi connectivity index (χ1v) is 7.92. The second-order valence-corrected chi connectivity index (χ2v) is 6.59. The molecule has 0 aromatic heterocycles. The summed E-state index contributed by atoms with van der Waals surface area (Å²) in [4.78, 5) is 23.5. The SMILES string of the molecule is CC(C)COC(=O)c1ccc2c(c1)[C@@H]1C=CC[C@@H]1[C@@H](C(=O)[O-])N2. The summed E-state index contributed by atoms with van der Waals surface area (Å²) in [6.07, 6.45) is 4.70. The third-order valence-corrected chi connectivity index (χ3v) is 4.40. The predicted molar refractivity (Wildman–Crippen MR) is 84.0 cm³/mol. The Morgan fingerprint density at radius 3 is 2.87 bits per heavy atom. The molecule has 3 rings (SSSR count). The molecule has 0 fully saturated rings. The van der Waals surface area contributed by atoms with Gasteiger partial charge in [0, 0.05) is 11.6 Å². The van der Waals surface area contributed by atoms with Gasteiger partial charge in [0.1, 0.15) is 0 Å². The average molecular weight is 314 g/mol. The molecule has 1 heterocycles. The highest BCUT2D eigenvalue weighted by molar-refractivity contribution is 5.91. The molecule has 5 nitrogen and oxygen atoms in total. The van der Waals surface area contributed by atoms with Crippen molar-refractivity contribution >= 4 is 17.6 Å². The van der Waals surface area contributed by atoms with Gasteiger partial charge in [0.05, 0.1) is 24.2 Å². The third-order valence-electron chi connectivity index (χ3n) is 4.40. The van der Waals surface area contributed by atoms with E-state index in [4.69, 9.17) is 4.74 Å². The Hall–Kier alpha value is -2.30. The van der Waals surface area contributed by atoms with Crippen molar-refractivity contribution < 1.29 is 19.4 Å². The topological polar surface area (TPSA) is 78.5 Å². The minimum Gasteiger partial charge on any atom is -0.548 e. The molecule has 1 aliphatic carbocycles. The van der Waals surface area contributed by atoms with Gasteiger partial charge in [-0.15, -0.1) is 0 Å². The molecule has 23 heavy (non-hydrogen) atoms. The summed E-state index contributed by atoms with van der Waals surface area (Å²) < 4.78 is 5.27. The van der Waals surface area contributed by atoms with E-state index >= 15 is 0 Å². The number of benzene rings is 1. The first-order chi connectivity index (χ1) is 11.0. The molecule has 2 aliphatic rings. The van der Waals surface area contributed by atoms with Crippen LogP contribution in [0.5, 0.6) is 0 Å². The minimum absolute atomic E-state index is 0.00741. The molecule has 0 saturated carbocycles. The number of carbonyl (C=O) groups excluding carboxylic acids is 2. The normalized spacial score (nSPS) is 24.7. The standard InChI is InChI=1S/C18H21NO4/c1-10(2)9-23-18(22)11-6-7-15-14(8-11)12-4-3-5-13(12)16(19-15)17(20)21/h3-4,6-8,10,12-13,16,19H,5,9H2,1-2H3,(H,20,21)/p-1/t12-,13+,16+/m1/s1. The van der Waals surface area contributed by atoms with Crippen LogP contribution in [-0.4, -0.2) is 24.6 Å². The molecule has 0 unspecified atom stereocenters. The van der Waals surface area contributed by atoms with Crippen LogP contribution in [0.3, 0.4) is 0 Å². The lowest BCUT2D eigenvalue weighted by molar-refractivity contribution is -0.308. The fourth-order valence-corrected chi connectivity index (χ4v) is 3.28. The highest BCUT2D eigenvalue weighted by atomic mass is 16.5. The van der Waals surface area contributed by atoms with Crippen molar-refractivity contribution in [1.82, 2.24) is 0 Å². The van der Waals surface area contributed by atoms with E-state index in [-0.39, 0.29) is 23.7 Å². The number of nitrogens with one attached hydrogen (secondary N) is 1.